The summed E-state index contributed by atoms with van der Waals surface area (Å²) in [6, 6.07) is 2.68. The van der Waals surface area contributed by atoms with Gasteiger partial charge in [0.1, 0.15) is 0 Å². The van der Waals surface area contributed by atoms with Gasteiger partial charge in [0.2, 0.25) is 0 Å². The summed E-state index contributed by atoms with van der Waals surface area (Å²) < 4.78 is 0. The lowest BCUT2D eigenvalue weighted by atomic mass is 10.1. The normalized spacial score (nSPS) is 28.7. The SMILES string of the molecule is Cc1ccnc(N2CC3CCC2C3)c1N. The second kappa shape index (κ2) is 3.12. The molecule has 3 heteroatoms. The van der Waals surface area contributed by atoms with Gasteiger partial charge in [-0.3, -0.25) is 0 Å². The van der Waals surface area contributed by atoms with Crippen LogP contribution in [0, 0.1) is 12.8 Å². The molecule has 0 spiro atoms. The number of hydrogen-bond donors (Lipinski definition) is 1. The van der Waals surface area contributed by atoms with Crippen molar-refractivity contribution >= 4 is 11.5 Å². The predicted molar refractivity (Wildman–Crippen MR) is 61.9 cm³/mol. The number of fused-ring (bicyclic) bond motifs is 2. The van der Waals surface area contributed by atoms with E-state index in [2.05, 4.69) is 16.8 Å². The van der Waals surface area contributed by atoms with Gasteiger partial charge in [0, 0.05) is 18.8 Å². The molecule has 0 amide bonds. The van der Waals surface area contributed by atoms with E-state index in [1.54, 1.807) is 0 Å². The van der Waals surface area contributed by atoms with E-state index in [1.807, 2.05) is 12.3 Å². The van der Waals surface area contributed by atoms with Gasteiger partial charge in [-0.05, 0) is 43.7 Å². The zero-order valence-corrected chi connectivity index (χ0v) is 9.11. The summed E-state index contributed by atoms with van der Waals surface area (Å²) in [4.78, 5) is 6.85. The largest absolute Gasteiger partial charge is 0.396 e. The predicted octanol–water partition coefficient (Wildman–Crippen LogP) is 1.96. The monoisotopic (exact) mass is 203 g/mol. The Morgan fingerprint density at radius 2 is 2.33 bits per heavy atom. The summed E-state index contributed by atoms with van der Waals surface area (Å²) >= 11 is 0. The van der Waals surface area contributed by atoms with Crippen LogP contribution in [-0.2, 0) is 0 Å². The van der Waals surface area contributed by atoms with Gasteiger partial charge in [0.15, 0.2) is 5.82 Å². The number of nitrogens with two attached hydrogens (primary N) is 1. The lowest BCUT2D eigenvalue weighted by Gasteiger charge is -2.29. The van der Waals surface area contributed by atoms with E-state index in [9.17, 15) is 0 Å². The summed E-state index contributed by atoms with van der Waals surface area (Å²) in [6.07, 6.45) is 5.93. The van der Waals surface area contributed by atoms with E-state index in [4.69, 9.17) is 5.73 Å². The minimum absolute atomic E-state index is 0.701. The molecule has 2 unspecified atom stereocenters. The third-order valence-corrected chi connectivity index (χ3v) is 3.87. The van der Waals surface area contributed by atoms with Crippen LogP contribution in [-0.4, -0.2) is 17.6 Å². The van der Waals surface area contributed by atoms with Crippen LogP contribution < -0.4 is 10.6 Å². The van der Waals surface area contributed by atoms with Crippen molar-refractivity contribution in [2.45, 2.75) is 32.2 Å². The van der Waals surface area contributed by atoms with Crippen LogP contribution in [0.25, 0.3) is 0 Å². The molecule has 1 aliphatic carbocycles. The summed E-state index contributed by atoms with van der Waals surface area (Å²) in [7, 11) is 0. The van der Waals surface area contributed by atoms with Crippen molar-refractivity contribution in [3.8, 4) is 0 Å². The molecule has 3 nitrogen and oxygen atoms in total. The van der Waals surface area contributed by atoms with Gasteiger partial charge >= 0.3 is 0 Å². The number of aryl methyl sites for hydroxylation is 1. The van der Waals surface area contributed by atoms with E-state index in [0.717, 1.165) is 29.5 Å². The molecule has 0 aromatic carbocycles. The first kappa shape index (κ1) is 9.01. The van der Waals surface area contributed by atoms with Crippen molar-refractivity contribution in [1.29, 1.82) is 0 Å². The molecule has 2 atom stereocenters. The molecule has 1 saturated carbocycles. The van der Waals surface area contributed by atoms with Crippen LogP contribution in [0.2, 0.25) is 0 Å². The van der Waals surface area contributed by atoms with Crippen molar-refractivity contribution in [2.75, 3.05) is 17.2 Å². The Bertz CT molecular complexity index is 388. The Balaban J connectivity index is 1.96. The zero-order chi connectivity index (χ0) is 10.4. The highest BCUT2D eigenvalue weighted by Gasteiger charge is 2.39. The number of nitrogens with zero attached hydrogens (tertiary/aromatic N) is 2. The van der Waals surface area contributed by atoms with Crippen LogP contribution in [0.1, 0.15) is 24.8 Å². The average molecular weight is 203 g/mol. The number of nitrogen functional groups attached to an aromatic ring is 1. The molecule has 1 aliphatic heterocycles. The maximum atomic E-state index is 6.09. The Hall–Kier alpha value is -1.25. The van der Waals surface area contributed by atoms with Crippen LogP contribution in [0.5, 0.6) is 0 Å². The van der Waals surface area contributed by atoms with Gasteiger partial charge in [-0.1, -0.05) is 0 Å². The van der Waals surface area contributed by atoms with Gasteiger partial charge in [-0.2, -0.15) is 0 Å². The fourth-order valence-corrected chi connectivity index (χ4v) is 2.97. The van der Waals surface area contributed by atoms with E-state index >= 15 is 0 Å². The molecule has 15 heavy (non-hydrogen) atoms. The van der Waals surface area contributed by atoms with Crippen molar-refractivity contribution in [1.82, 2.24) is 4.98 Å². The lowest BCUT2D eigenvalue weighted by Crippen LogP contribution is -2.33. The van der Waals surface area contributed by atoms with Crippen molar-refractivity contribution in [2.24, 2.45) is 5.92 Å². The molecule has 2 bridgehead atoms. The summed E-state index contributed by atoms with van der Waals surface area (Å²) in [5, 5.41) is 0. The highest BCUT2D eigenvalue weighted by molar-refractivity contribution is 5.67. The van der Waals surface area contributed by atoms with Crippen LogP contribution in [0.3, 0.4) is 0 Å². The third-order valence-electron chi connectivity index (χ3n) is 3.87. The highest BCUT2D eigenvalue weighted by Crippen LogP contribution is 2.41. The Morgan fingerprint density at radius 1 is 1.47 bits per heavy atom. The van der Waals surface area contributed by atoms with Crippen molar-refractivity contribution in [3.63, 3.8) is 0 Å². The third kappa shape index (κ3) is 1.29. The number of rotatable bonds is 1. The maximum Gasteiger partial charge on any atom is 0.152 e. The quantitative estimate of drug-likeness (QED) is 0.758. The van der Waals surface area contributed by atoms with E-state index < -0.39 is 0 Å². The minimum Gasteiger partial charge on any atom is -0.396 e. The van der Waals surface area contributed by atoms with Crippen molar-refractivity contribution < 1.29 is 0 Å². The standard InChI is InChI=1S/C12H17N3/c1-8-4-5-14-12(11(8)13)15-7-9-2-3-10(15)6-9/h4-5,9-10H,2-3,6-7,13H2,1H3. The first-order chi connectivity index (χ1) is 7.25. The number of piperidine rings is 1. The molecule has 2 fully saturated rings. The van der Waals surface area contributed by atoms with E-state index in [1.165, 1.54) is 19.3 Å². The average Bonchev–Trinajstić information content (AvgIpc) is 2.83. The van der Waals surface area contributed by atoms with Gasteiger partial charge in [-0.15, -0.1) is 0 Å². The zero-order valence-electron chi connectivity index (χ0n) is 9.11. The first-order valence-corrected chi connectivity index (χ1v) is 5.73. The molecule has 0 radical (unpaired) electrons. The second-order valence-electron chi connectivity index (χ2n) is 4.85. The molecule has 2 N–H and O–H groups in total. The Labute approximate surface area is 90.3 Å². The molecule has 2 aliphatic rings. The van der Waals surface area contributed by atoms with E-state index in [-0.39, 0.29) is 0 Å². The smallest absolute Gasteiger partial charge is 0.152 e. The van der Waals surface area contributed by atoms with Crippen molar-refractivity contribution in [3.05, 3.63) is 17.8 Å². The van der Waals surface area contributed by atoms with Crippen LogP contribution in [0.4, 0.5) is 11.5 Å². The Kier molecular flexibility index (Phi) is 1.87. The number of hydrogen-bond acceptors (Lipinski definition) is 3. The van der Waals surface area contributed by atoms with Gasteiger partial charge in [-0.25, -0.2) is 4.98 Å². The van der Waals surface area contributed by atoms with Gasteiger partial charge in [0.25, 0.3) is 0 Å². The summed E-state index contributed by atoms with van der Waals surface area (Å²) in [5.74, 6) is 1.90. The lowest BCUT2D eigenvalue weighted by molar-refractivity contribution is 0.551. The molecule has 80 valence electrons. The number of anilines is 2. The topological polar surface area (TPSA) is 42.2 Å². The first-order valence-electron chi connectivity index (χ1n) is 5.73. The summed E-state index contributed by atoms with van der Waals surface area (Å²) in [6.45, 7) is 3.21. The van der Waals surface area contributed by atoms with Gasteiger partial charge < -0.3 is 10.6 Å². The van der Waals surface area contributed by atoms with E-state index in [0.29, 0.717) is 6.04 Å². The highest BCUT2D eigenvalue weighted by atomic mass is 15.3. The molecule has 3 rings (SSSR count). The molecule has 2 heterocycles. The fourth-order valence-electron chi connectivity index (χ4n) is 2.97. The fraction of sp³-hybridized carbons (Fsp3) is 0.583. The molecule has 1 aromatic rings. The molecular weight excluding hydrogens is 186 g/mol. The number of aromatic nitrogens is 1. The molecular formula is C12H17N3. The maximum absolute atomic E-state index is 6.09. The number of pyridine rings is 1. The van der Waals surface area contributed by atoms with Gasteiger partial charge in [0.05, 0.1) is 5.69 Å². The molecule has 1 aromatic heterocycles. The molecule has 1 saturated heterocycles. The summed E-state index contributed by atoms with van der Waals surface area (Å²) in [5.41, 5.74) is 8.10. The Morgan fingerprint density at radius 3 is 3.00 bits per heavy atom. The van der Waals surface area contributed by atoms with Crippen LogP contribution in [0.15, 0.2) is 12.3 Å². The second-order valence-corrected chi connectivity index (χ2v) is 4.85. The minimum atomic E-state index is 0.701. The van der Waals surface area contributed by atoms with Crippen LogP contribution >= 0.6 is 0 Å².